The number of carbonyl (C=O) groups excluding carboxylic acids is 1. The van der Waals surface area contributed by atoms with Gasteiger partial charge < -0.3 is 10.5 Å². The van der Waals surface area contributed by atoms with Crippen molar-refractivity contribution in [1.82, 2.24) is 0 Å². The molecule has 0 aromatic rings. The lowest BCUT2D eigenvalue weighted by Crippen LogP contribution is -2.48. The van der Waals surface area contributed by atoms with Crippen LogP contribution in [0.1, 0.15) is 32.6 Å². The highest BCUT2D eigenvalue weighted by Crippen LogP contribution is 2.35. The maximum Gasteiger partial charge on any atom is 0.313 e. The van der Waals surface area contributed by atoms with Crippen LogP contribution in [0.5, 0.6) is 0 Å². The minimum absolute atomic E-state index is 0.0290. The van der Waals surface area contributed by atoms with Crippen molar-refractivity contribution in [2.75, 3.05) is 7.11 Å². The predicted molar refractivity (Wildman–Crippen MR) is 46.6 cm³/mol. The monoisotopic (exact) mass is 171 g/mol. The van der Waals surface area contributed by atoms with E-state index in [1.54, 1.807) is 0 Å². The molecule has 3 nitrogen and oxygen atoms in total. The van der Waals surface area contributed by atoms with E-state index >= 15 is 0 Å². The highest BCUT2D eigenvalue weighted by Gasteiger charge is 2.41. The number of ether oxygens (including phenoxy) is 1. The van der Waals surface area contributed by atoms with Crippen molar-refractivity contribution in [2.24, 2.45) is 11.1 Å². The average Bonchev–Trinajstić information content (AvgIpc) is 2.09. The van der Waals surface area contributed by atoms with E-state index in [2.05, 4.69) is 0 Å². The topological polar surface area (TPSA) is 52.3 Å². The summed E-state index contributed by atoms with van der Waals surface area (Å²) in [6, 6.07) is -0.0290. The number of nitrogens with two attached hydrogens (primary N) is 1. The second-order valence-electron chi connectivity index (χ2n) is 3.76. The van der Waals surface area contributed by atoms with Crippen LogP contribution in [0, 0.1) is 5.41 Å². The molecule has 2 atom stereocenters. The van der Waals surface area contributed by atoms with Crippen molar-refractivity contribution in [3.8, 4) is 0 Å². The van der Waals surface area contributed by atoms with E-state index in [-0.39, 0.29) is 12.0 Å². The molecule has 1 fully saturated rings. The van der Waals surface area contributed by atoms with Crippen molar-refractivity contribution in [1.29, 1.82) is 0 Å². The molecule has 1 aliphatic carbocycles. The Bertz CT molecular complexity index is 181. The Morgan fingerprint density at radius 2 is 2.25 bits per heavy atom. The highest BCUT2D eigenvalue weighted by atomic mass is 16.5. The van der Waals surface area contributed by atoms with Gasteiger partial charge in [0.1, 0.15) is 0 Å². The smallest absolute Gasteiger partial charge is 0.313 e. The standard InChI is InChI=1S/C9H17NO2/c1-9(8(11)12-2)6-4-3-5-7(9)10/h7H,3-6,10H2,1-2H3. The summed E-state index contributed by atoms with van der Waals surface area (Å²) < 4.78 is 4.74. The van der Waals surface area contributed by atoms with Crippen LogP contribution in [-0.2, 0) is 9.53 Å². The van der Waals surface area contributed by atoms with Gasteiger partial charge in [0.05, 0.1) is 12.5 Å². The summed E-state index contributed by atoms with van der Waals surface area (Å²) in [7, 11) is 1.43. The zero-order valence-electron chi connectivity index (χ0n) is 7.80. The molecule has 2 unspecified atom stereocenters. The van der Waals surface area contributed by atoms with Crippen LogP contribution in [0.3, 0.4) is 0 Å². The van der Waals surface area contributed by atoms with Crippen LogP contribution in [0.2, 0.25) is 0 Å². The molecule has 0 radical (unpaired) electrons. The average molecular weight is 171 g/mol. The summed E-state index contributed by atoms with van der Waals surface area (Å²) in [6.07, 6.45) is 4.01. The number of esters is 1. The Kier molecular flexibility index (Phi) is 2.73. The number of carbonyl (C=O) groups is 1. The molecular formula is C9H17NO2. The zero-order valence-corrected chi connectivity index (χ0v) is 7.80. The van der Waals surface area contributed by atoms with E-state index in [0.29, 0.717) is 0 Å². The van der Waals surface area contributed by atoms with E-state index in [1.165, 1.54) is 7.11 Å². The molecule has 0 aromatic heterocycles. The number of hydrogen-bond donors (Lipinski definition) is 1. The Balaban J connectivity index is 2.72. The Hall–Kier alpha value is -0.570. The van der Waals surface area contributed by atoms with Crippen molar-refractivity contribution >= 4 is 5.97 Å². The van der Waals surface area contributed by atoms with Gasteiger partial charge in [0, 0.05) is 6.04 Å². The third kappa shape index (κ3) is 1.46. The molecule has 0 spiro atoms. The number of hydrogen-bond acceptors (Lipinski definition) is 3. The molecule has 70 valence electrons. The first-order valence-electron chi connectivity index (χ1n) is 4.45. The van der Waals surface area contributed by atoms with Gasteiger partial charge >= 0.3 is 5.97 Å². The van der Waals surface area contributed by atoms with Crippen molar-refractivity contribution < 1.29 is 9.53 Å². The lowest BCUT2D eigenvalue weighted by molar-refractivity contribution is -0.154. The van der Waals surface area contributed by atoms with E-state index in [1.807, 2.05) is 6.92 Å². The summed E-state index contributed by atoms with van der Waals surface area (Å²) in [6.45, 7) is 1.91. The van der Waals surface area contributed by atoms with E-state index in [9.17, 15) is 4.79 Å². The van der Waals surface area contributed by atoms with Gasteiger partial charge in [-0.2, -0.15) is 0 Å². The summed E-state index contributed by atoms with van der Waals surface area (Å²) in [5.41, 5.74) is 5.45. The first-order chi connectivity index (χ1) is 5.61. The molecule has 3 heteroatoms. The summed E-state index contributed by atoms with van der Waals surface area (Å²) in [5.74, 6) is -0.158. The fourth-order valence-electron chi connectivity index (χ4n) is 1.85. The van der Waals surface area contributed by atoms with Crippen LogP contribution in [0.15, 0.2) is 0 Å². The molecule has 0 amide bonds. The lowest BCUT2D eigenvalue weighted by atomic mass is 9.72. The minimum atomic E-state index is -0.437. The normalized spacial score (nSPS) is 36.1. The molecule has 0 saturated heterocycles. The first-order valence-corrected chi connectivity index (χ1v) is 4.45. The highest BCUT2D eigenvalue weighted by molar-refractivity contribution is 5.77. The molecular weight excluding hydrogens is 154 g/mol. The number of rotatable bonds is 1. The molecule has 0 aromatic carbocycles. The largest absolute Gasteiger partial charge is 0.469 e. The fraction of sp³-hybridized carbons (Fsp3) is 0.889. The quantitative estimate of drug-likeness (QED) is 0.600. The van der Waals surface area contributed by atoms with Gasteiger partial charge in [-0.05, 0) is 19.8 Å². The van der Waals surface area contributed by atoms with Crippen molar-refractivity contribution in [3.63, 3.8) is 0 Å². The second kappa shape index (κ2) is 3.44. The maximum absolute atomic E-state index is 11.4. The number of methoxy groups -OCH3 is 1. The van der Waals surface area contributed by atoms with Crippen molar-refractivity contribution in [3.05, 3.63) is 0 Å². The molecule has 1 saturated carbocycles. The van der Waals surface area contributed by atoms with Gasteiger partial charge in [0.2, 0.25) is 0 Å². The van der Waals surface area contributed by atoms with Crippen LogP contribution in [-0.4, -0.2) is 19.1 Å². The Morgan fingerprint density at radius 3 is 2.75 bits per heavy atom. The molecule has 1 aliphatic rings. The van der Waals surface area contributed by atoms with Crippen LogP contribution >= 0.6 is 0 Å². The van der Waals surface area contributed by atoms with Gasteiger partial charge in [-0.25, -0.2) is 0 Å². The predicted octanol–water partition coefficient (Wildman–Crippen LogP) is 1.07. The molecule has 12 heavy (non-hydrogen) atoms. The van der Waals surface area contributed by atoms with Gasteiger partial charge in [-0.15, -0.1) is 0 Å². The Morgan fingerprint density at radius 1 is 1.58 bits per heavy atom. The zero-order chi connectivity index (χ0) is 9.19. The van der Waals surface area contributed by atoms with Crippen molar-refractivity contribution in [2.45, 2.75) is 38.6 Å². The van der Waals surface area contributed by atoms with Gasteiger partial charge in [0.25, 0.3) is 0 Å². The first kappa shape index (κ1) is 9.52. The third-order valence-corrected chi connectivity index (χ3v) is 2.93. The van der Waals surface area contributed by atoms with Gasteiger partial charge in [0.15, 0.2) is 0 Å². The van der Waals surface area contributed by atoms with E-state index in [4.69, 9.17) is 10.5 Å². The molecule has 0 bridgehead atoms. The van der Waals surface area contributed by atoms with E-state index < -0.39 is 5.41 Å². The second-order valence-corrected chi connectivity index (χ2v) is 3.76. The summed E-state index contributed by atoms with van der Waals surface area (Å²) in [5, 5.41) is 0. The fourth-order valence-corrected chi connectivity index (χ4v) is 1.85. The van der Waals surface area contributed by atoms with E-state index in [0.717, 1.165) is 25.7 Å². The minimum Gasteiger partial charge on any atom is -0.469 e. The van der Waals surface area contributed by atoms with Gasteiger partial charge in [-0.1, -0.05) is 12.8 Å². The van der Waals surface area contributed by atoms with Crippen LogP contribution in [0.4, 0.5) is 0 Å². The van der Waals surface area contributed by atoms with Crippen LogP contribution in [0.25, 0.3) is 0 Å². The van der Waals surface area contributed by atoms with Gasteiger partial charge in [-0.3, -0.25) is 4.79 Å². The third-order valence-electron chi connectivity index (χ3n) is 2.93. The Labute approximate surface area is 73.3 Å². The lowest BCUT2D eigenvalue weighted by Gasteiger charge is -2.36. The molecule has 1 rings (SSSR count). The SMILES string of the molecule is COC(=O)C1(C)CCCCC1N. The molecule has 0 heterocycles. The molecule has 0 aliphatic heterocycles. The molecule has 2 N–H and O–H groups in total. The summed E-state index contributed by atoms with van der Waals surface area (Å²) >= 11 is 0. The van der Waals surface area contributed by atoms with Crippen LogP contribution < -0.4 is 5.73 Å². The summed E-state index contributed by atoms with van der Waals surface area (Å²) in [4.78, 5) is 11.4. The maximum atomic E-state index is 11.4.